The molecule has 3 aliphatic heterocycles. The van der Waals surface area contributed by atoms with E-state index in [0.717, 1.165) is 37.5 Å². The zero-order valence-corrected chi connectivity index (χ0v) is 13.7. The quantitative estimate of drug-likeness (QED) is 0.849. The van der Waals surface area contributed by atoms with Crippen molar-refractivity contribution in [1.82, 2.24) is 9.80 Å². The van der Waals surface area contributed by atoms with Gasteiger partial charge in [-0.05, 0) is 36.7 Å². The lowest BCUT2D eigenvalue weighted by atomic mass is 10.0. The highest BCUT2D eigenvalue weighted by Crippen LogP contribution is 2.32. The van der Waals surface area contributed by atoms with Gasteiger partial charge in [-0.1, -0.05) is 29.8 Å². The Morgan fingerprint density at radius 3 is 2.32 bits per heavy atom. The molecule has 0 amide bonds. The van der Waals surface area contributed by atoms with Crippen molar-refractivity contribution in [2.24, 2.45) is 17.8 Å². The number of hydrogen-bond donors (Lipinski definition) is 0. The molecule has 1 aromatic carbocycles. The van der Waals surface area contributed by atoms with E-state index >= 15 is 0 Å². The number of hydrogen-bond acceptors (Lipinski definition) is 3. The van der Waals surface area contributed by atoms with Crippen molar-refractivity contribution in [3.05, 3.63) is 35.4 Å². The average Bonchev–Trinajstić information content (AvgIpc) is 3.18. The van der Waals surface area contributed by atoms with Gasteiger partial charge in [0.2, 0.25) is 0 Å². The van der Waals surface area contributed by atoms with E-state index in [9.17, 15) is 0 Å². The molecule has 0 aliphatic carbocycles. The van der Waals surface area contributed by atoms with Gasteiger partial charge >= 0.3 is 0 Å². The predicted molar refractivity (Wildman–Crippen MR) is 88.8 cm³/mol. The molecule has 0 unspecified atom stereocenters. The van der Waals surface area contributed by atoms with Gasteiger partial charge < -0.3 is 9.64 Å². The van der Waals surface area contributed by atoms with Crippen LogP contribution >= 0.6 is 0 Å². The van der Waals surface area contributed by atoms with E-state index in [1.54, 1.807) is 0 Å². The van der Waals surface area contributed by atoms with Gasteiger partial charge in [0.1, 0.15) is 0 Å². The Kier molecular flexibility index (Phi) is 4.21. The van der Waals surface area contributed by atoms with Crippen molar-refractivity contribution in [2.75, 3.05) is 45.9 Å². The fraction of sp³-hybridized carbons (Fsp3) is 0.684. The number of nitrogens with zero attached hydrogens (tertiary/aromatic N) is 2. The topological polar surface area (TPSA) is 15.7 Å². The predicted octanol–water partition coefficient (Wildman–Crippen LogP) is 2.40. The third kappa shape index (κ3) is 3.22. The molecule has 0 aromatic heterocycles. The van der Waals surface area contributed by atoms with Crippen LogP contribution in [0.1, 0.15) is 17.5 Å². The van der Waals surface area contributed by atoms with Gasteiger partial charge in [-0.3, -0.25) is 4.90 Å². The summed E-state index contributed by atoms with van der Waals surface area (Å²) in [5.41, 5.74) is 2.82. The smallest absolute Gasteiger partial charge is 0.0507 e. The standard InChI is InChI=1S/C19H28N2O/c1-15-2-4-16(5-3-15)8-20-10-18-12-21(13-19(18)11-20)9-17-6-7-22-14-17/h2-5,17-19H,6-14H2,1H3/t17-,18-,19+/m1/s1. The molecule has 3 fully saturated rings. The van der Waals surface area contributed by atoms with Crippen molar-refractivity contribution >= 4 is 0 Å². The zero-order chi connectivity index (χ0) is 14.9. The molecule has 3 heteroatoms. The maximum atomic E-state index is 5.52. The van der Waals surface area contributed by atoms with Crippen LogP contribution in [-0.4, -0.2) is 55.7 Å². The highest BCUT2D eigenvalue weighted by atomic mass is 16.5. The van der Waals surface area contributed by atoms with Crippen LogP contribution in [-0.2, 0) is 11.3 Å². The van der Waals surface area contributed by atoms with Gasteiger partial charge in [0.25, 0.3) is 0 Å². The highest BCUT2D eigenvalue weighted by molar-refractivity contribution is 5.21. The lowest BCUT2D eigenvalue weighted by Gasteiger charge is -2.23. The van der Waals surface area contributed by atoms with E-state index in [1.165, 1.54) is 50.3 Å². The summed E-state index contributed by atoms with van der Waals surface area (Å²) < 4.78 is 5.52. The molecule has 1 aromatic rings. The third-order valence-corrected chi connectivity index (χ3v) is 5.70. The SMILES string of the molecule is Cc1ccc(CN2C[C@@H]3CN(C[C@H]4CCOC4)C[C@@H]3C2)cc1. The second kappa shape index (κ2) is 6.31. The summed E-state index contributed by atoms with van der Waals surface area (Å²) in [5, 5.41) is 0. The lowest BCUT2D eigenvalue weighted by molar-refractivity contribution is 0.169. The highest BCUT2D eigenvalue weighted by Gasteiger charge is 2.40. The molecular weight excluding hydrogens is 272 g/mol. The summed E-state index contributed by atoms with van der Waals surface area (Å²) >= 11 is 0. The van der Waals surface area contributed by atoms with Crippen LogP contribution in [0.4, 0.5) is 0 Å². The first-order valence-electron chi connectivity index (χ1n) is 8.84. The Morgan fingerprint density at radius 2 is 1.68 bits per heavy atom. The van der Waals surface area contributed by atoms with E-state index in [-0.39, 0.29) is 0 Å². The van der Waals surface area contributed by atoms with Gasteiger partial charge in [-0.2, -0.15) is 0 Å². The van der Waals surface area contributed by atoms with Crippen molar-refractivity contribution in [3.8, 4) is 0 Å². The molecule has 0 saturated carbocycles. The average molecular weight is 300 g/mol. The van der Waals surface area contributed by atoms with Gasteiger partial charge in [-0.15, -0.1) is 0 Å². The number of likely N-dealkylation sites (tertiary alicyclic amines) is 2. The van der Waals surface area contributed by atoms with Crippen molar-refractivity contribution in [1.29, 1.82) is 0 Å². The van der Waals surface area contributed by atoms with Crippen molar-refractivity contribution in [3.63, 3.8) is 0 Å². The van der Waals surface area contributed by atoms with Crippen LogP contribution < -0.4 is 0 Å². The molecule has 0 spiro atoms. The summed E-state index contributed by atoms with van der Waals surface area (Å²) in [6, 6.07) is 9.04. The van der Waals surface area contributed by atoms with Gasteiger partial charge in [0.15, 0.2) is 0 Å². The number of benzene rings is 1. The monoisotopic (exact) mass is 300 g/mol. The van der Waals surface area contributed by atoms with Gasteiger partial charge in [-0.25, -0.2) is 0 Å². The molecule has 22 heavy (non-hydrogen) atoms. The Bertz CT molecular complexity index is 481. The molecular formula is C19H28N2O. The van der Waals surface area contributed by atoms with E-state index in [2.05, 4.69) is 41.0 Å². The summed E-state index contributed by atoms with van der Waals surface area (Å²) in [7, 11) is 0. The second-order valence-electron chi connectivity index (χ2n) is 7.65. The van der Waals surface area contributed by atoms with Crippen LogP contribution in [0.3, 0.4) is 0 Å². The first-order chi connectivity index (χ1) is 10.8. The van der Waals surface area contributed by atoms with E-state index in [1.807, 2.05) is 0 Å². The molecule has 0 bridgehead atoms. The van der Waals surface area contributed by atoms with Crippen LogP contribution in [0.15, 0.2) is 24.3 Å². The summed E-state index contributed by atoms with van der Waals surface area (Å²) in [4.78, 5) is 5.37. The van der Waals surface area contributed by atoms with Crippen LogP contribution in [0.25, 0.3) is 0 Å². The molecule has 4 rings (SSSR count). The summed E-state index contributed by atoms with van der Waals surface area (Å²) in [6.07, 6.45) is 1.27. The molecule has 120 valence electrons. The van der Waals surface area contributed by atoms with Crippen LogP contribution in [0, 0.1) is 24.7 Å². The Labute approximate surface area is 134 Å². The summed E-state index contributed by atoms with van der Waals surface area (Å²) in [6.45, 7) is 11.7. The molecule has 3 nitrogen and oxygen atoms in total. The van der Waals surface area contributed by atoms with Crippen molar-refractivity contribution in [2.45, 2.75) is 19.9 Å². The van der Waals surface area contributed by atoms with E-state index in [0.29, 0.717) is 0 Å². The van der Waals surface area contributed by atoms with Crippen LogP contribution in [0.2, 0.25) is 0 Å². The maximum Gasteiger partial charge on any atom is 0.0507 e. The maximum absolute atomic E-state index is 5.52. The molecule has 0 N–H and O–H groups in total. The first kappa shape index (κ1) is 14.7. The number of fused-ring (bicyclic) bond motifs is 1. The Balaban J connectivity index is 1.27. The fourth-order valence-electron chi connectivity index (χ4n) is 4.51. The minimum atomic E-state index is 0.794. The van der Waals surface area contributed by atoms with Gasteiger partial charge in [0, 0.05) is 45.9 Å². The minimum Gasteiger partial charge on any atom is -0.381 e. The van der Waals surface area contributed by atoms with Gasteiger partial charge in [0.05, 0.1) is 6.61 Å². The zero-order valence-electron chi connectivity index (χ0n) is 13.7. The van der Waals surface area contributed by atoms with Crippen molar-refractivity contribution < 1.29 is 4.74 Å². The molecule has 3 heterocycles. The number of ether oxygens (including phenoxy) is 1. The Hall–Kier alpha value is -0.900. The van der Waals surface area contributed by atoms with E-state index < -0.39 is 0 Å². The number of rotatable bonds is 4. The third-order valence-electron chi connectivity index (χ3n) is 5.70. The molecule has 3 aliphatic rings. The Morgan fingerprint density at radius 1 is 1.00 bits per heavy atom. The molecule has 3 atom stereocenters. The lowest BCUT2D eigenvalue weighted by Crippen LogP contribution is -2.32. The normalized spacial score (nSPS) is 32.7. The number of aryl methyl sites for hydroxylation is 1. The second-order valence-corrected chi connectivity index (χ2v) is 7.65. The summed E-state index contributed by atoms with van der Waals surface area (Å²) in [5.74, 6) is 2.59. The largest absolute Gasteiger partial charge is 0.381 e. The van der Waals surface area contributed by atoms with E-state index in [4.69, 9.17) is 4.74 Å². The molecule has 0 radical (unpaired) electrons. The molecule has 3 saturated heterocycles. The fourth-order valence-corrected chi connectivity index (χ4v) is 4.51. The minimum absolute atomic E-state index is 0.794. The first-order valence-corrected chi connectivity index (χ1v) is 8.84. The van der Waals surface area contributed by atoms with Crippen LogP contribution in [0.5, 0.6) is 0 Å².